The van der Waals surface area contributed by atoms with Crippen molar-refractivity contribution in [1.82, 2.24) is 10.2 Å². The van der Waals surface area contributed by atoms with Crippen LogP contribution in [0.5, 0.6) is 0 Å². The first-order valence-electron chi connectivity index (χ1n) is 9.20. The number of imide groups is 1. The van der Waals surface area contributed by atoms with Crippen molar-refractivity contribution >= 4 is 35.4 Å². The van der Waals surface area contributed by atoms with E-state index in [9.17, 15) is 28.2 Å². The molecule has 0 aliphatic carbocycles. The summed E-state index contributed by atoms with van der Waals surface area (Å²) in [5, 5.41) is 2.19. The molecule has 15 nitrogen and oxygen atoms in total. The van der Waals surface area contributed by atoms with Gasteiger partial charge in [0, 0.05) is 19.2 Å². The lowest BCUT2D eigenvalue weighted by Crippen LogP contribution is -2.35. The first-order chi connectivity index (χ1) is 14.5. The maximum absolute atomic E-state index is 11.9. The lowest BCUT2D eigenvalue weighted by Gasteiger charge is -2.23. The zero-order valence-corrected chi connectivity index (χ0v) is 20.2. The topological polar surface area (TPSA) is 218 Å². The Morgan fingerprint density at radius 2 is 1.72 bits per heavy atom. The van der Waals surface area contributed by atoms with Crippen LogP contribution in [0.4, 0.5) is 4.79 Å². The van der Waals surface area contributed by atoms with Crippen LogP contribution in [0.1, 0.15) is 33.1 Å². The van der Waals surface area contributed by atoms with E-state index in [1.165, 1.54) is 18.1 Å². The first kappa shape index (κ1) is 29.1. The second-order valence-corrected chi connectivity index (χ2v) is 11.3. The van der Waals surface area contributed by atoms with Gasteiger partial charge in [0.2, 0.25) is 5.91 Å². The molecule has 0 spiro atoms. The fourth-order valence-corrected chi connectivity index (χ4v) is 5.55. The molecule has 0 aromatic rings. The predicted octanol–water partition coefficient (Wildman–Crippen LogP) is 1.61. The Morgan fingerprint density at radius 3 is 2.28 bits per heavy atom. The van der Waals surface area contributed by atoms with Crippen LogP contribution in [0.2, 0.25) is 0 Å². The third-order valence-electron chi connectivity index (χ3n) is 3.96. The van der Waals surface area contributed by atoms with E-state index in [2.05, 4.69) is 18.5 Å². The molecule has 0 bridgehead atoms. The number of nitrogens with zero attached hydrogens (tertiary/aromatic N) is 1. The Bertz CT molecular complexity index is 857. The number of amides is 3. The number of urea groups is 1. The average Bonchev–Trinajstić information content (AvgIpc) is 2.72. The van der Waals surface area contributed by atoms with Gasteiger partial charge in [-0.05, 0) is 12.0 Å². The van der Waals surface area contributed by atoms with Crippen LogP contribution in [0.25, 0.3) is 0 Å². The van der Waals surface area contributed by atoms with Crippen LogP contribution < -0.4 is 5.32 Å². The van der Waals surface area contributed by atoms with Crippen molar-refractivity contribution in [3.8, 4) is 0 Å². The normalized spacial score (nSPS) is 21.1. The highest BCUT2D eigenvalue weighted by Gasteiger charge is 2.41. The summed E-state index contributed by atoms with van der Waals surface area (Å²) in [6.07, 6.45) is 1.63. The van der Waals surface area contributed by atoms with Gasteiger partial charge in [-0.2, -0.15) is 8.62 Å². The largest absolute Gasteiger partial charge is 0.490 e. The van der Waals surface area contributed by atoms with Crippen LogP contribution in [-0.4, -0.2) is 62.8 Å². The second kappa shape index (κ2) is 12.0. The monoisotopic (exact) mass is 524 g/mol. The molecule has 0 radical (unpaired) electrons. The number of rotatable bonds is 13. The van der Waals surface area contributed by atoms with Crippen molar-refractivity contribution in [1.29, 1.82) is 0 Å². The van der Waals surface area contributed by atoms with E-state index in [0.717, 1.165) is 0 Å². The Labute approximate surface area is 184 Å². The van der Waals surface area contributed by atoms with Crippen LogP contribution >= 0.6 is 23.5 Å². The second-order valence-electron chi connectivity index (χ2n) is 6.88. The quantitative estimate of drug-likeness (QED) is 0.217. The van der Waals surface area contributed by atoms with E-state index in [-0.39, 0.29) is 18.9 Å². The Kier molecular flexibility index (Phi) is 10.9. The number of phosphoric ester groups is 1. The van der Waals surface area contributed by atoms with Gasteiger partial charge in [0.15, 0.2) is 0 Å². The molecule has 4 unspecified atom stereocenters. The van der Waals surface area contributed by atoms with Crippen LogP contribution in [0.3, 0.4) is 0 Å². The smallest absolute Gasteiger partial charge is 0.375 e. The van der Waals surface area contributed by atoms with Gasteiger partial charge in [0.25, 0.3) is 0 Å². The average molecular weight is 524 g/mol. The fraction of sp³-hybridized carbons (Fsp3) is 0.714. The van der Waals surface area contributed by atoms with Gasteiger partial charge in [-0.3, -0.25) is 14.6 Å². The summed E-state index contributed by atoms with van der Waals surface area (Å²) in [6, 6.07) is -0.571. The number of carbonyl (C=O) groups excluding carboxylic acids is 2. The molecule has 0 fully saturated rings. The molecule has 32 heavy (non-hydrogen) atoms. The molecule has 1 rings (SSSR count). The third-order valence-corrected chi connectivity index (χ3v) is 7.76. The van der Waals surface area contributed by atoms with Gasteiger partial charge in [0.05, 0.1) is 25.7 Å². The van der Waals surface area contributed by atoms with Gasteiger partial charge >= 0.3 is 29.5 Å². The van der Waals surface area contributed by atoms with Crippen molar-refractivity contribution < 1.29 is 60.7 Å². The van der Waals surface area contributed by atoms with E-state index in [1.807, 2.05) is 0 Å². The number of nitrogens with one attached hydrogen (secondary N) is 1. The molecule has 1 heterocycles. The summed E-state index contributed by atoms with van der Waals surface area (Å²) >= 11 is 0. The van der Waals surface area contributed by atoms with Crippen molar-refractivity contribution in [2.75, 3.05) is 20.3 Å². The Morgan fingerprint density at radius 1 is 1.09 bits per heavy atom. The minimum atomic E-state index is -5.60. The van der Waals surface area contributed by atoms with Gasteiger partial charge in [-0.1, -0.05) is 20.3 Å². The molecule has 4 atom stereocenters. The minimum Gasteiger partial charge on any atom is -0.375 e. The summed E-state index contributed by atoms with van der Waals surface area (Å²) in [7, 11) is -14.9. The number of hydrogen-bond acceptors (Lipinski definition) is 9. The van der Waals surface area contributed by atoms with E-state index >= 15 is 0 Å². The van der Waals surface area contributed by atoms with Gasteiger partial charge in [-0.25, -0.2) is 18.5 Å². The fourth-order valence-electron chi connectivity index (χ4n) is 2.50. The van der Waals surface area contributed by atoms with Gasteiger partial charge in [0.1, 0.15) is 0 Å². The zero-order chi connectivity index (χ0) is 24.7. The number of hydrogen-bond donors (Lipinski definition) is 5. The molecule has 0 aromatic carbocycles. The summed E-state index contributed by atoms with van der Waals surface area (Å²) in [4.78, 5) is 60.4. The zero-order valence-electron chi connectivity index (χ0n) is 17.5. The predicted molar refractivity (Wildman–Crippen MR) is 108 cm³/mol. The molecule has 0 saturated heterocycles. The van der Waals surface area contributed by atoms with E-state index in [1.54, 1.807) is 13.8 Å². The Balaban J connectivity index is 2.70. The summed E-state index contributed by atoms with van der Waals surface area (Å²) in [5.74, 6) is -0.796. The number of carbonyl (C=O) groups is 2. The van der Waals surface area contributed by atoms with Gasteiger partial charge < -0.3 is 29.2 Å². The Hall–Kier alpha value is -0.950. The summed E-state index contributed by atoms with van der Waals surface area (Å²) in [6.45, 7) is 3.02. The molecule has 186 valence electrons. The number of ether oxygens (including phenoxy) is 1. The molecule has 5 N–H and O–H groups in total. The molecule has 18 heteroatoms. The lowest BCUT2D eigenvalue weighted by molar-refractivity contribution is -0.119. The summed E-state index contributed by atoms with van der Waals surface area (Å²) < 4.78 is 51.4. The highest BCUT2D eigenvalue weighted by atomic mass is 31.3. The molecule has 0 saturated carbocycles. The highest BCUT2D eigenvalue weighted by molar-refractivity contribution is 7.66. The van der Waals surface area contributed by atoms with E-state index in [4.69, 9.17) is 19.4 Å². The first-order valence-corrected chi connectivity index (χ1v) is 13.7. The van der Waals surface area contributed by atoms with Crippen molar-refractivity contribution in [3.63, 3.8) is 0 Å². The van der Waals surface area contributed by atoms with E-state index in [0.29, 0.717) is 18.4 Å². The molecular weight excluding hydrogens is 497 g/mol. The minimum absolute atomic E-state index is 0.0272. The van der Waals surface area contributed by atoms with Crippen LogP contribution in [0.15, 0.2) is 11.8 Å². The standard InChI is InChI=1S/C14H27N2O13P3/c1-4-5-12(9-27-31(22,23)29-32(24,25)28-30(19,20)21)26-8-10(2)11-6-13(17)15-14(18)16(3)7-11/h7,10,12H,4-6,8-9H2,1-3H3,(H,22,23)(H,24,25)(H,15,17,18)(H2,19,20,21). The van der Waals surface area contributed by atoms with Crippen molar-refractivity contribution in [3.05, 3.63) is 11.8 Å². The van der Waals surface area contributed by atoms with Crippen LogP contribution in [-0.2, 0) is 36.4 Å². The number of phosphoric acid groups is 3. The van der Waals surface area contributed by atoms with E-state index < -0.39 is 48.1 Å². The highest BCUT2D eigenvalue weighted by Crippen LogP contribution is 2.66. The molecule has 3 amide bonds. The summed E-state index contributed by atoms with van der Waals surface area (Å²) in [5.41, 5.74) is 0.610. The van der Waals surface area contributed by atoms with Crippen LogP contribution in [0, 0.1) is 5.92 Å². The SMILES string of the molecule is CCCC(COP(=O)(O)OP(=O)(O)OP(=O)(O)O)OCC(C)C1=CN(C)C(=O)NC(=O)C1. The van der Waals surface area contributed by atoms with Crippen molar-refractivity contribution in [2.45, 2.75) is 39.2 Å². The lowest BCUT2D eigenvalue weighted by atomic mass is 9.99. The van der Waals surface area contributed by atoms with Crippen molar-refractivity contribution in [2.24, 2.45) is 5.92 Å². The maximum atomic E-state index is 11.9. The maximum Gasteiger partial charge on any atom is 0.490 e. The molecule has 1 aliphatic heterocycles. The third kappa shape index (κ3) is 11.3. The van der Waals surface area contributed by atoms with Gasteiger partial charge in [-0.15, -0.1) is 0 Å². The molecule has 1 aliphatic rings. The molecule has 0 aromatic heterocycles. The molecular formula is C14H27N2O13P3.